The first-order chi connectivity index (χ1) is 25.8. The van der Waals surface area contributed by atoms with Crippen molar-refractivity contribution < 1.29 is 0 Å². The third kappa shape index (κ3) is 4.48. The van der Waals surface area contributed by atoms with Gasteiger partial charge in [-0.25, -0.2) is 0 Å². The van der Waals surface area contributed by atoms with Gasteiger partial charge in [-0.1, -0.05) is 127 Å². The molecular formula is C48H30N2S2. The van der Waals surface area contributed by atoms with Crippen molar-refractivity contribution in [2.24, 2.45) is 0 Å². The second kappa shape index (κ2) is 11.7. The summed E-state index contributed by atoms with van der Waals surface area (Å²) in [7, 11) is 0. The molecule has 0 amide bonds. The van der Waals surface area contributed by atoms with Crippen LogP contribution in [0, 0.1) is 0 Å². The third-order valence-electron chi connectivity index (χ3n) is 10.4. The van der Waals surface area contributed by atoms with Crippen LogP contribution in [0.4, 0.5) is 17.1 Å². The zero-order chi connectivity index (χ0) is 34.2. The molecule has 4 heteroatoms. The van der Waals surface area contributed by atoms with E-state index in [0.717, 1.165) is 11.4 Å². The second-order valence-electron chi connectivity index (χ2n) is 13.3. The molecule has 2 nitrogen and oxygen atoms in total. The zero-order valence-electron chi connectivity index (χ0n) is 28.0. The maximum atomic E-state index is 2.52. The van der Waals surface area contributed by atoms with Crippen molar-refractivity contribution in [1.82, 2.24) is 4.57 Å². The molecule has 8 aromatic carbocycles. The lowest BCUT2D eigenvalue weighted by Crippen LogP contribution is -2.11. The monoisotopic (exact) mass is 698 g/mol. The van der Waals surface area contributed by atoms with Gasteiger partial charge in [-0.2, -0.15) is 0 Å². The van der Waals surface area contributed by atoms with E-state index >= 15 is 0 Å². The number of benzene rings is 8. The van der Waals surface area contributed by atoms with Gasteiger partial charge in [0.1, 0.15) is 0 Å². The predicted molar refractivity (Wildman–Crippen MR) is 227 cm³/mol. The average Bonchev–Trinajstić information content (AvgIpc) is 3.89. The quantitative estimate of drug-likeness (QED) is 0.174. The van der Waals surface area contributed by atoms with Gasteiger partial charge < -0.3 is 9.47 Å². The Balaban J connectivity index is 1.25. The molecule has 52 heavy (non-hydrogen) atoms. The van der Waals surface area contributed by atoms with Crippen molar-refractivity contribution in [2.75, 3.05) is 4.90 Å². The zero-order valence-corrected chi connectivity index (χ0v) is 29.7. The number of rotatable bonds is 5. The summed E-state index contributed by atoms with van der Waals surface area (Å²) < 4.78 is 7.60. The molecule has 11 aromatic rings. The molecule has 244 valence electrons. The number of nitrogens with zero attached hydrogens (tertiary/aromatic N) is 2. The molecule has 0 aliphatic rings. The number of anilines is 3. The Morgan fingerprint density at radius 3 is 1.56 bits per heavy atom. The molecule has 0 atom stereocenters. The van der Waals surface area contributed by atoms with Crippen LogP contribution in [0.3, 0.4) is 0 Å². The van der Waals surface area contributed by atoms with Gasteiger partial charge in [0, 0.05) is 53.1 Å². The highest BCUT2D eigenvalue weighted by Crippen LogP contribution is 2.50. The summed E-state index contributed by atoms with van der Waals surface area (Å²) in [5, 5.41) is 7.66. The van der Waals surface area contributed by atoms with E-state index in [0.29, 0.717) is 0 Å². The Morgan fingerprint density at radius 1 is 0.365 bits per heavy atom. The van der Waals surface area contributed by atoms with Gasteiger partial charge in [-0.3, -0.25) is 0 Å². The van der Waals surface area contributed by atoms with E-state index in [2.05, 4.69) is 191 Å². The van der Waals surface area contributed by atoms with Crippen LogP contribution >= 0.6 is 22.7 Å². The summed E-state index contributed by atoms with van der Waals surface area (Å²) in [5.74, 6) is 0. The molecule has 0 bridgehead atoms. The smallest absolute Gasteiger partial charge is 0.0661 e. The van der Waals surface area contributed by atoms with E-state index in [9.17, 15) is 0 Å². The first-order valence-electron chi connectivity index (χ1n) is 17.6. The summed E-state index contributed by atoms with van der Waals surface area (Å²) in [6, 6.07) is 66.7. The Morgan fingerprint density at radius 2 is 0.885 bits per heavy atom. The lowest BCUT2D eigenvalue weighted by molar-refractivity contribution is 1.18. The Labute approximate surface area is 308 Å². The van der Waals surface area contributed by atoms with E-state index in [1.807, 2.05) is 22.7 Å². The Hall–Kier alpha value is -6.20. The summed E-state index contributed by atoms with van der Waals surface area (Å²) in [5.41, 5.74) is 9.47. The van der Waals surface area contributed by atoms with E-state index in [1.54, 1.807) is 0 Å². The van der Waals surface area contributed by atoms with Crippen LogP contribution < -0.4 is 4.90 Å². The third-order valence-corrected chi connectivity index (χ3v) is 12.8. The molecule has 3 heterocycles. The van der Waals surface area contributed by atoms with Gasteiger partial charge >= 0.3 is 0 Å². The van der Waals surface area contributed by atoms with Gasteiger partial charge in [-0.15, -0.1) is 22.7 Å². The topological polar surface area (TPSA) is 8.17 Å². The van der Waals surface area contributed by atoms with Crippen LogP contribution in [0.1, 0.15) is 0 Å². The van der Waals surface area contributed by atoms with E-state index in [4.69, 9.17) is 0 Å². The summed E-state index contributed by atoms with van der Waals surface area (Å²) in [6.45, 7) is 0. The molecule has 0 spiro atoms. The predicted octanol–water partition coefficient (Wildman–Crippen LogP) is 14.7. The van der Waals surface area contributed by atoms with Crippen LogP contribution in [0.5, 0.6) is 0 Å². The number of aromatic nitrogens is 1. The molecule has 3 aromatic heterocycles. The van der Waals surface area contributed by atoms with Crippen LogP contribution in [0.25, 0.3) is 79.0 Å². The number of thiophene rings is 2. The molecule has 0 aliphatic carbocycles. The highest BCUT2D eigenvalue weighted by molar-refractivity contribution is 7.27. The highest BCUT2D eigenvalue weighted by Gasteiger charge is 2.24. The van der Waals surface area contributed by atoms with Gasteiger partial charge in [0.25, 0.3) is 0 Å². The van der Waals surface area contributed by atoms with Crippen LogP contribution in [0.15, 0.2) is 182 Å². The minimum atomic E-state index is 1.13. The van der Waals surface area contributed by atoms with Gasteiger partial charge in [-0.05, 0) is 65.7 Å². The number of fused-ring (bicyclic) bond motifs is 9. The van der Waals surface area contributed by atoms with E-state index in [1.165, 1.54) is 84.7 Å². The normalized spacial score (nSPS) is 11.8. The fourth-order valence-electron chi connectivity index (χ4n) is 8.04. The molecule has 0 saturated heterocycles. The lowest BCUT2D eigenvalue weighted by atomic mass is 10.0. The number of para-hydroxylation sites is 2. The SMILES string of the molecule is c1ccc(-c2ccc(N(c3cccc4c3sc3ccccc34)c3cc(-n4c5ccccc5c5ccccc54)cc4c3sc3ccccc34)cc2)cc1. The highest BCUT2D eigenvalue weighted by atomic mass is 32.1. The Kier molecular flexibility index (Phi) is 6.63. The van der Waals surface area contributed by atoms with Gasteiger partial charge in [0.05, 0.1) is 31.8 Å². The lowest BCUT2D eigenvalue weighted by Gasteiger charge is -2.28. The van der Waals surface area contributed by atoms with Gasteiger partial charge in [0.2, 0.25) is 0 Å². The summed E-state index contributed by atoms with van der Waals surface area (Å²) in [4.78, 5) is 2.52. The number of hydrogen-bond acceptors (Lipinski definition) is 3. The largest absolute Gasteiger partial charge is 0.309 e. The summed E-state index contributed by atoms with van der Waals surface area (Å²) >= 11 is 3.76. The first-order valence-corrected chi connectivity index (χ1v) is 19.2. The fourth-order valence-corrected chi connectivity index (χ4v) is 10.4. The molecular weight excluding hydrogens is 669 g/mol. The average molecular weight is 699 g/mol. The van der Waals surface area contributed by atoms with E-state index in [-0.39, 0.29) is 0 Å². The first kappa shape index (κ1) is 29.5. The Bertz CT molecular complexity index is 3080. The molecule has 11 rings (SSSR count). The molecule has 0 unspecified atom stereocenters. The molecule has 0 aliphatic heterocycles. The number of hydrogen-bond donors (Lipinski definition) is 0. The molecule has 0 fully saturated rings. The summed E-state index contributed by atoms with van der Waals surface area (Å²) in [6.07, 6.45) is 0. The van der Waals surface area contributed by atoms with Crippen molar-refractivity contribution in [3.05, 3.63) is 182 Å². The second-order valence-corrected chi connectivity index (χ2v) is 15.4. The van der Waals surface area contributed by atoms with Crippen molar-refractivity contribution >= 4 is 102 Å². The van der Waals surface area contributed by atoms with Crippen molar-refractivity contribution in [1.29, 1.82) is 0 Å². The maximum absolute atomic E-state index is 2.52. The van der Waals surface area contributed by atoms with E-state index < -0.39 is 0 Å². The minimum Gasteiger partial charge on any atom is -0.309 e. The fraction of sp³-hybridized carbons (Fsp3) is 0. The maximum Gasteiger partial charge on any atom is 0.0661 e. The molecule has 0 saturated carbocycles. The molecule has 0 N–H and O–H groups in total. The van der Waals surface area contributed by atoms with Crippen LogP contribution in [0.2, 0.25) is 0 Å². The van der Waals surface area contributed by atoms with Crippen molar-refractivity contribution in [3.63, 3.8) is 0 Å². The van der Waals surface area contributed by atoms with Gasteiger partial charge in [0.15, 0.2) is 0 Å². The van der Waals surface area contributed by atoms with Crippen molar-refractivity contribution in [3.8, 4) is 16.8 Å². The standard InChI is InChI=1S/C48H30N2S2/c1-2-13-31(14-3-1)32-25-27-33(28-26-32)49(43-22-12-19-39-37-17-6-10-23-45(37)51-47(39)43)44-30-34(29-40-38-18-7-11-24-46(38)52-48(40)44)50-41-20-8-4-15-35(41)36-16-5-9-21-42(36)50/h1-30H. The minimum absolute atomic E-state index is 1.13. The van der Waals surface area contributed by atoms with Crippen LogP contribution in [-0.2, 0) is 0 Å². The van der Waals surface area contributed by atoms with Crippen LogP contribution in [-0.4, -0.2) is 4.57 Å². The molecule has 0 radical (unpaired) electrons. The van der Waals surface area contributed by atoms with Crippen molar-refractivity contribution in [2.45, 2.75) is 0 Å².